The summed E-state index contributed by atoms with van der Waals surface area (Å²) in [7, 11) is 0. The van der Waals surface area contributed by atoms with Crippen molar-refractivity contribution in [1.29, 1.82) is 0 Å². The standard InChI is InChI=1S/C13H20N4O3/c18-12(19)11(6-10-7-14-8-16-10)17-13(20)15-5-4-9-2-1-3-9/h7-9,11H,1-6H2,(H,14,16)(H,18,19)(H2,15,17,20)/t11-/m0/s1. The highest BCUT2D eigenvalue weighted by atomic mass is 16.4. The molecule has 0 radical (unpaired) electrons. The first-order chi connectivity index (χ1) is 9.65. The van der Waals surface area contributed by atoms with E-state index in [-0.39, 0.29) is 6.42 Å². The van der Waals surface area contributed by atoms with E-state index in [2.05, 4.69) is 20.6 Å². The molecule has 0 saturated heterocycles. The van der Waals surface area contributed by atoms with E-state index in [0.717, 1.165) is 12.3 Å². The Morgan fingerprint density at radius 2 is 2.30 bits per heavy atom. The van der Waals surface area contributed by atoms with Gasteiger partial charge < -0.3 is 20.7 Å². The molecule has 0 bridgehead atoms. The largest absolute Gasteiger partial charge is 0.480 e. The van der Waals surface area contributed by atoms with Gasteiger partial charge in [-0.1, -0.05) is 19.3 Å². The lowest BCUT2D eigenvalue weighted by Crippen LogP contribution is -2.47. The molecule has 1 heterocycles. The first-order valence-electron chi connectivity index (χ1n) is 6.89. The zero-order valence-electron chi connectivity index (χ0n) is 11.3. The number of carbonyl (C=O) groups excluding carboxylic acids is 1. The first kappa shape index (κ1) is 14.4. The number of nitrogens with zero attached hydrogens (tertiary/aromatic N) is 1. The fourth-order valence-corrected chi connectivity index (χ4v) is 2.20. The van der Waals surface area contributed by atoms with Crippen LogP contribution < -0.4 is 10.6 Å². The van der Waals surface area contributed by atoms with Gasteiger partial charge in [0.05, 0.1) is 6.33 Å². The fourth-order valence-electron chi connectivity index (χ4n) is 2.20. The van der Waals surface area contributed by atoms with Crippen LogP contribution in [0.4, 0.5) is 4.79 Å². The van der Waals surface area contributed by atoms with Gasteiger partial charge in [-0.3, -0.25) is 0 Å². The molecule has 7 heteroatoms. The van der Waals surface area contributed by atoms with E-state index in [1.807, 2.05) is 0 Å². The van der Waals surface area contributed by atoms with E-state index >= 15 is 0 Å². The van der Waals surface area contributed by atoms with Gasteiger partial charge >= 0.3 is 12.0 Å². The summed E-state index contributed by atoms with van der Waals surface area (Å²) in [5, 5.41) is 14.3. The van der Waals surface area contributed by atoms with Crippen LogP contribution in [0.25, 0.3) is 0 Å². The number of nitrogens with one attached hydrogen (secondary N) is 3. The average Bonchev–Trinajstić information content (AvgIpc) is 2.84. The first-order valence-corrected chi connectivity index (χ1v) is 6.89. The summed E-state index contributed by atoms with van der Waals surface area (Å²) in [5.41, 5.74) is 0.673. The SMILES string of the molecule is O=C(NCCC1CCC1)N[C@@H](Cc1cnc[nH]1)C(=O)O. The molecule has 1 aromatic heterocycles. The molecule has 1 aliphatic carbocycles. The van der Waals surface area contributed by atoms with Gasteiger partial charge in [-0.2, -0.15) is 0 Å². The fraction of sp³-hybridized carbons (Fsp3) is 0.615. The molecule has 0 aromatic carbocycles. The molecule has 0 aliphatic heterocycles. The minimum absolute atomic E-state index is 0.186. The van der Waals surface area contributed by atoms with E-state index in [1.54, 1.807) is 6.20 Å². The van der Waals surface area contributed by atoms with Crippen LogP contribution in [-0.4, -0.2) is 39.7 Å². The van der Waals surface area contributed by atoms with Crippen LogP contribution in [0.15, 0.2) is 12.5 Å². The quantitative estimate of drug-likeness (QED) is 0.595. The number of aromatic nitrogens is 2. The molecular formula is C13H20N4O3. The normalized spacial score (nSPS) is 16.2. The van der Waals surface area contributed by atoms with Crippen LogP contribution in [0.1, 0.15) is 31.4 Å². The third kappa shape index (κ3) is 4.25. The molecule has 20 heavy (non-hydrogen) atoms. The van der Waals surface area contributed by atoms with Crippen molar-refractivity contribution in [3.8, 4) is 0 Å². The van der Waals surface area contributed by atoms with Gasteiger partial charge in [-0.05, 0) is 12.3 Å². The molecule has 1 aromatic rings. The lowest BCUT2D eigenvalue weighted by Gasteiger charge is -2.25. The molecule has 110 valence electrons. The summed E-state index contributed by atoms with van der Waals surface area (Å²) in [4.78, 5) is 29.4. The van der Waals surface area contributed by atoms with Crippen LogP contribution in [0.3, 0.4) is 0 Å². The second-order valence-electron chi connectivity index (χ2n) is 5.16. The van der Waals surface area contributed by atoms with Crippen LogP contribution in [0, 0.1) is 5.92 Å². The molecule has 1 aliphatic rings. The number of H-pyrrole nitrogens is 1. The number of aliphatic carboxylic acids is 1. The molecule has 1 saturated carbocycles. The van der Waals surface area contributed by atoms with Gasteiger partial charge in [-0.25, -0.2) is 14.6 Å². The van der Waals surface area contributed by atoms with E-state index in [9.17, 15) is 9.59 Å². The van der Waals surface area contributed by atoms with Gasteiger partial charge in [0, 0.05) is 24.9 Å². The summed E-state index contributed by atoms with van der Waals surface area (Å²) in [6.45, 7) is 0.590. The maximum absolute atomic E-state index is 11.7. The lowest BCUT2D eigenvalue weighted by molar-refractivity contribution is -0.139. The van der Waals surface area contributed by atoms with Gasteiger partial charge in [0.2, 0.25) is 0 Å². The Balaban J connectivity index is 1.72. The Labute approximate surface area is 117 Å². The van der Waals surface area contributed by atoms with Crippen LogP contribution in [0.5, 0.6) is 0 Å². The number of hydrogen-bond acceptors (Lipinski definition) is 3. The highest BCUT2D eigenvalue weighted by molar-refractivity contribution is 5.82. The number of hydrogen-bond donors (Lipinski definition) is 4. The summed E-state index contributed by atoms with van der Waals surface area (Å²) in [5.74, 6) is -0.343. The molecule has 7 nitrogen and oxygen atoms in total. The highest BCUT2D eigenvalue weighted by Gasteiger charge is 2.21. The van der Waals surface area contributed by atoms with Crippen molar-refractivity contribution in [3.63, 3.8) is 0 Å². The van der Waals surface area contributed by atoms with Gasteiger partial charge in [0.25, 0.3) is 0 Å². The van der Waals surface area contributed by atoms with Crippen molar-refractivity contribution in [2.45, 2.75) is 38.1 Å². The monoisotopic (exact) mass is 280 g/mol. The third-order valence-corrected chi connectivity index (χ3v) is 3.65. The van der Waals surface area contributed by atoms with E-state index in [1.165, 1.54) is 25.6 Å². The summed E-state index contributed by atoms with van der Waals surface area (Å²) in [6, 6.07) is -1.39. The van der Waals surface area contributed by atoms with Crippen LogP contribution in [-0.2, 0) is 11.2 Å². The number of imidazole rings is 1. The van der Waals surface area contributed by atoms with Crippen molar-refractivity contribution in [1.82, 2.24) is 20.6 Å². The van der Waals surface area contributed by atoms with Crippen molar-refractivity contribution >= 4 is 12.0 Å². The number of carboxylic acids is 1. The minimum Gasteiger partial charge on any atom is -0.480 e. The maximum Gasteiger partial charge on any atom is 0.326 e. The summed E-state index contributed by atoms with van der Waals surface area (Å²) in [6.07, 6.45) is 7.93. The third-order valence-electron chi connectivity index (χ3n) is 3.65. The molecule has 2 amide bonds. The van der Waals surface area contributed by atoms with Crippen molar-refractivity contribution in [3.05, 3.63) is 18.2 Å². The Kier molecular flexibility index (Phi) is 4.97. The number of amides is 2. The van der Waals surface area contributed by atoms with Crippen molar-refractivity contribution in [2.75, 3.05) is 6.54 Å². The van der Waals surface area contributed by atoms with Gasteiger partial charge in [0.1, 0.15) is 6.04 Å². The molecule has 2 rings (SSSR count). The number of carboxylic acid groups (broad SMARTS) is 1. The lowest BCUT2D eigenvalue weighted by atomic mass is 9.83. The summed E-state index contributed by atoms with van der Waals surface area (Å²) >= 11 is 0. The Morgan fingerprint density at radius 1 is 1.50 bits per heavy atom. The topological polar surface area (TPSA) is 107 Å². The molecular weight excluding hydrogens is 260 g/mol. The predicted octanol–water partition coefficient (Wildman–Crippen LogP) is 0.895. The second kappa shape index (κ2) is 6.93. The Hall–Kier alpha value is -2.05. The zero-order chi connectivity index (χ0) is 14.4. The smallest absolute Gasteiger partial charge is 0.326 e. The van der Waals surface area contributed by atoms with E-state index < -0.39 is 18.0 Å². The van der Waals surface area contributed by atoms with Gasteiger partial charge in [0.15, 0.2) is 0 Å². The maximum atomic E-state index is 11.7. The summed E-state index contributed by atoms with van der Waals surface area (Å²) < 4.78 is 0. The average molecular weight is 280 g/mol. The molecule has 4 N–H and O–H groups in total. The van der Waals surface area contributed by atoms with E-state index in [0.29, 0.717) is 12.2 Å². The molecule has 1 fully saturated rings. The number of rotatable bonds is 7. The van der Waals surface area contributed by atoms with Crippen LogP contribution in [0.2, 0.25) is 0 Å². The second-order valence-corrected chi connectivity index (χ2v) is 5.16. The van der Waals surface area contributed by atoms with Crippen molar-refractivity contribution in [2.24, 2.45) is 5.92 Å². The molecule has 0 spiro atoms. The zero-order valence-corrected chi connectivity index (χ0v) is 11.3. The molecule has 0 unspecified atom stereocenters. The predicted molar refractivity (Wildman–Crippen MR) is 72.2 cm³/mol. The Bertz CT molecular complexity index is 442. The highest BCUT2D eigenvalue weighted by Crippen LogP contribution is 2.28. The van der Waals surface area contributed by atoms with Gasteiger partial charge in [-0.15, -0.1) is 0 Å². The van der Waals surface area contributed by atoms with E-state index in [4.69, 9.17) is 5.11 Å². The number of aromatic amines is 1. The molecule has 1 atom stereocenters. The number of carbonyl (C=O) groups is 2. The Morgan fingerprint density at radius 3 is 2.85 bits per heavy atom. The van der Waals surface area contributed by atoms with Crippen LogP contribution >= 0.6 is 0 Å². The minimum atomic E-state index is -1.06. The number of urea groups is 1. The van der Waals surface area contributed by atoms with Crippen molar-refractivity contribution < 1.29 is 14.7 Å².